The van der Waals surface area contributed by atoms with Crippen molar-refractivity contribution in [2.45, 2.75) is 11.9 Å². The first-order chi connectivity index (χ1) is 3.31. The van der Waals surface area contributed by atoms with E-state index < -0.39 is 0 Å². The summed E-state index contributed by atoms with van der Waals surface area (Å²) in [5.74, 6) is 0. The normalized spacial score (nSPS) is 11.8. The van der Waals surface area contributed by atoms with Crippen LogP contribution in [0.4, 0.5) is 0 Å². The molecule has 0 fully saturated rings. The maximum atomic E-state index is 4.99. The van der Waals surface area contributed by atoms with Gasteiger partial charge in [-0.3, -0.25) is 0 Å². The summed E-state index contributed by atoms with van der Waals surface area (Å²) < 4.78 is 4.99. The average Bonchev–Trinajstić information content (AvgIpc) is 1.68. The van der Waals surface area contributed by atoms with Gasteiger partial charge in [-0.2, -0.15) is 0 Å². The Hall–Kier alpha value is 0.946. The minimum absolute atomic E-state index is 0. The molecular weight excluding hydrogens is 180 g/mol. The molecule has 0 bridgehead atoms. The van der Waals surface area contributed by atoms with E-state index in [1.54, 1.807) is 6.08 Å². The fraction of sp³-hybridized carbons (Fsp3) is 0.600. The molecule has 0 radical (unpaired) electrons. The molecule has 46 valence electrons. The maximum Gasteiger partial charge on any atom is 2.00 e. The molecule has 3 heteroatoms. The number of rotatable bonds is 3. The Morgan fingerprint density at radius 1 is 2.00 bits per heavy atom. The average molecular weight is 191 g/mol. The number of hydrogen-bond donors (Lipinski definition) is 0. The second kappa shape index (κ2) is 7.95. The minimum Gasteiger partial charge on any atom is -1.00 e. The van der Waals surface area contributed by atoms with Crippen molar-refractivity contribution in [3.05, 3.63) is 12.7 Å². The van der Waals surface area contributed by atoms with Crippen LogP contribution in [0.5, 0.6) is 0 Å². The molecule has 0 aliphatic carbocycles. The van der Waals surface area contributed by atoms with Gasteiger partial charge >= 0.3 is 23.1 Å². The molecule has 1 atom stereocenters. The van der Waals surface area contributed by atoms with E-state index in [9.17, 15) is 0 Å². The first-order valence-electron chi connectivity index (χ1n) is 2.19. The molecule has 0 saturated carbocycles. The SMILES string of the molecule is C=CC(Br)OCC.[H-].[H-].[Mg+2]. The topological polar surface area (TPSA) is 9.23 Å². The largest absolute Gasteiger partial charge is 2.00 e. The molecule has 8 heavy (non-hydrogen) atoms. The zero-order chi connectivity index (χ0) is 5.70. The summed E-state index contributed by atoms with van der Waals surface area (Å²) in [5.41, 5.74) is 0. The van der Waals surface area contributed by atoms with E-state index in [4.69, 9.17) is 4.74 Å². The molecule has 1 nitrogen and oxygen atoms in total. The monoisotopic (exact) mass is 190 g/mol. The van der Waals surface area contributed by atoms with Crippen LogP contribution in [0.15, 0.2) is 12.7 Å². The fourth-order valence-corrected chi connectivity index (χ4v) is 0.492. The van der Waals surface area contributed by atoms with Crippen LogP contribution in [0.25, 0.3) is 0 Å². The van der Waals surface area contributed by atoms with Crippen LogP contribution in [0.2, 0.25) is 0 Å². The summed E-state index contributed by atoms with van der Waals surface area (Å²) in [7, 11) is 0. The maximum absolute atomic E-state index is 4.99. The minimum atomic E-state index is 0. The number of ether oxygens (including phenoxy) is 1. The van der Waals surface area contributed by atoms with Gasteiger partial charge in [0.15, 0.2) is 0 Å². The molecule has 0 saturated heterocycles. The zero-order valence-electron chi connectivity index (χ0n) is 7.06. The van der Waals surface area contributed by atoms with Gasteiger partial charge in [-0.15, -0.1) is 0 Å². The Morgan fingerprint density at radius 2 is 2.50 bits per heavy atom. The molecule has 0 aliphatic heterocycles. The standard InChI is InChI=1S/C5H9BrO.Mg.2H/c1-3-5(6)7-4-2;;;/h3,5H,1,4H2,2H3;;;/q;+2;2*-1. The van der Waals surface area contributed by atoms with Crippen molar-refractivity contribution in [1.29, 1.82) is 0 Å². The van der Waals surface area contributed by atoms with Crippen molar-refractivity contribution in [1.82, 2.24) is 0 Å². The molecule has 1 unspecified atom stereocenters. The van der Waals surface area contributed by atoms with Crippen LogP contribution >= 0.6 is 15.9 Å². The van der Waals surface area contributed by atoms with Crippen LogP contribution in [0, 0.1) is 0 Å². The Kier molecular flexibility index (Phi) is 11.6. The third-order valence-corrected chi connectivity index (χ3v) is 1.15. The molecule has 0 aliphatic rings. The second-order valence-corrected chi connectivity index (χ2v) is 1.94. The second-order valence-electron chi connectivity index (χ2n) is 1.04. The number of halogens is 1. The van der Waals surface area contributed by atoms with E-state index in [0.29, 0.717) is 0 Å². The third kappa shape index (κ3) is 6.95. The molecule has 0 spiro atoms. The molecule has 0 amide bonds. The summed E-state index contributed by atoms with van der Waals surface area (Å²) in [4.78, 5) is 0. The predicted octanol–water partition coefficient (Wildman–Crippen LogP) is 1.77. The van der Waals surface area contributed by atoms with Gasteiger partial charge in [-0.1, -0.05) is 28.6 Å². The summed E-state index contributed by atoms with van der Waals surface area (Å²) in [6.07, 6.45) is 1.70. The Balaban J connectivity index is -0.0000000600. The van der Waals surface area contributed by atoms with Crippen LogP contribution in [0.3, 0.4) is 0 Å². The van der Waals surface area contributed by atoms with Crippen molar-refractivity contribution in [2.75, 3.05) is 6.61 Å². The Bertz CT molecular complexity index is 65.6. The van der Waals surface area contributed by atoms with Gasteiger partial charge in [0.25, 0.3) is 0 Å². The molecule has 0 aromatic heterocycles. The molecule has 0 aromatic rings. The van der Waals surface area contributed by atoms with E-state index in [0.717, 1.165) is 6.61 Å². The van der Waals surface area contributed by atoms with Gasteiger partial charge in [0, 0.05) is 6.61 Å². The van der Waals surface area contributed by atoms with Crippen molar-refractivity contribution < 1.29 is 7.59 Å². The van der Waals surface area contributed by atoms with Crippen molar-refractivity contribution >= 4 is 39.0 Å². The Morgan fingerprint density at radius 3 is 2.62 bits per heavy atom. The summed E-state index contributed by atoms with van der Waals surface area (Å²) in [6, 6.07) is 0. The summed E-state index contributed by atoms with van der Waals surface area (Å²) in [5, 5.41) is 0.0255. The van der Waals surface area contributed by atoms with Crippen molar-refractivity contribution in [3.63, 3.8) is 0 Å². The predicted molar refractivity (Wildman–Crippen MR) is 42.5 cm³/mol. The number of alkyl halides is 1. The first-order valence-corrected chi connectivity index (χ1v) is 3.11. The first kappa shape index (κ1) is 11.7. The number of hydrogen-bond acceptors (Lipinski definition) is 1. The van der Waals surface area contributed by atoms with Gasteiger partial charge in [0.05, 0.1) is 0 Å². The molecule has 0 N–H and O–H groups in total. The van der Waals surface area contributed by atoms with Crippen LogP contribution < -0.4 is 0 Å². The smallest absolute Gasteiger partial charge is 1.00 e. The fourth-order valence-electron chi connectivity index (χ4n) is 0.227. The van der Waals surface area contributed by atoms with Crippen molar-refractivity contribution in [3.8, 4) is 0 Å². The van der Waals surface area contributed by atoms with Gasteiger partial charge in [-0.05, 0) is 6.92 Å². The zero-order valence-corrected chi connectivity index (χ0v) is 8.06. The van der Waals surface area contributed by atoms with E-state index in [-0.39, 0.29) is 30.9 Å². The summed E-state index contributed by atoms with van der Waals surface area (Å²) >= 11 is 3.20. The molecule has 0 heterocycles. The van der Waals surface area contributed by atoms with Gasteiger partial charge in [0.1, 0.15) is 5.01 Å². The van der Waals surface area contributed by atoms with Crippen LogP contribution in [-0.2, 0) is 4.74 Å². The van der Waals surface area contributed by atoms with Gasteiger partial charge in [0.2, 0.25) is 0 Å². The van der Waals surface area contributed by atoms with E-state index in [1.165, 1.54) is 0 Å². The van der Waals surface area contributed by atoms with E-state index in [1.807, 2.05) is 6.92 Å². The van der Waals surface area contributed by atoms with Crippen molar-refractivity contribution in [2.24, 2.45) is 0 Å². The molecular formula is C5H11BrMgO. The summed E-state index contributed by atoms with van der Waals surface area (Å²) in [6.45, 7) is 6.17. The molecule has 0 rings (SSSR count). The third-order valence-electron chi connectivity index (χ3n) is 0.511. The van der Waals surface area contributed by atoms with Gasteiger partial charge in [-0.25, -0.2) is 0 Å². The van der Waals surface area contributed by atoms with E-state index >= 15 is 0 Å². The van der Waals surface area contributed by atoms with E-state index in [2.05, 4.69) is 22.5 Å². The van der Waals surface area contributed by atoms with Gasteiger partial charge < -0.3 is 7.59 Å². The van der Waals surface area contributed by atoms with Crippen LogP contribution in [0.1, 0.15) is 9.78 Å². The molecule has 0 aromatic carbocycles. The van der Waals surface area contributed by atoms with Crippen LogP contribution in [-0.4, -0.2) is 34.7 Å². The quantitative estimate of drug-likeness (QED) is 0.375. The Labute approximate surface area is 77.7 Å².